The van der Waals surface area contributed by atoms with Gasteiger partial charge in [0.2, 0.25) is 0 Å². The molecule has 0 heterocycles. The number of benzene rings is 1. The van der Waals surface area contributed by atoms with Gasteiger partial charge < -0.3 is 4.90 Å². The van der Waals surface area contributed by atoms with Crippen molar-refractivity contribution in [2.24, 2.45) is 0 Å². The largest absolute Gasteiger partial charge is 0.302 e. The van der Waals surface area contributed by atoms with Gasteiger partial charge in [0.1, 0.15) is 0 Å². The van der Waals surface area contributed by atoms with Crippen LogP contribution in [0.2, 0.25) is 0 Å². The van der Waals surface area contributed by atoms with Crippen LogP contribution in [0.25, 0.3) is 0 Å². The molecule has 0 saturated carbocycles. The number of thioether (sulfide) groups is 1. The monoisotopic (exact) mass is 329 g/mol. The molecule has 0 aliphatic rings. The molecular formula is C14H20BrNOS. The zero-order chi connectivity index (χ0) is 13.5. The van der Waals surface area contributed by atoms with Gasteiger partial charge in [0, 0.05) is 34.8 Å². The molecule has 1 rings (SSSR count). The van der Waals surface area contributed by atoms with Crippen LogP contribution in [0.3, 0.4) is 0 Å². The van der Waals surface area contributed by atoms with E-state index in [0.717, 1.165) is 22.3 Å². The molecule has 0 aliphatic carbocycles. The molecule has 18 heavy (non-hydrogen) atoms. The number of carbonyl (C=O) groups is 1. The van der Waals surface area contributed by atoms with Crippen molar-refractivity contribution in [1.29, 1.82) is 0 Å². The van der Waals surface area contributed by atoms with E-state index in [0.29, 0.717) is 12.5 Å². The van der Waals surface area contributed by atoms with Gasteiger partial charge in [-0.2, -0.15) is 11.8 Å². The number of rotatable bonds is 7. The number of hydrogen-bond donors (Lipinski definition) is 0. The van der Waals surface area contributed by atoms with Gasteiger partial charge in [0.15, 0.2) is 5.78 Å². The molecule has 0 bridgehead atoms. The van der Waals surface area contributed by atoms with Crippen molar-refractivity contribution >= 4 is 33.5 Å². The van der Waals surface area contributed by atoms with E-state index < -0.39 is 0 Å². The van der Waals surface area contributed by atoms with E-state index in [-0.39, 0.29) is 5.78 Å². The van der Waals surface area contributed by atoms with Crippen LogP contribution in [0.4, 0.5) is 0 Å². The first-order valence-electron chi connectivity index (χ1n) is 6.02. The van der Waals surface area contributed by atoms with Crippen LogP contribution in [-0.4, -0.2) is 42.3 Å². The summed E-state index contributed by atoms with van der Waals surface area (Å²) in [7, 11) is 2.08. The van der Waals surface area contributed by atoms with Crippen LogP contribution in [-0.2, 0) is 0 Å². The van der Waals surface area contributed by atoms with Crippen molar-refractivity contribution in [3.05, 3.63) is 34.3 Å². The maximum absolute atomic E-state index is 12.0. The molecule has 100 valence electrons. The van der Waals surface area contributed by atoms with Gasteiger partial charge >= 0.3 is 0 Å². The average molecular weight is 330 g/mol. The minimum absolute atomic E-state index is 0.208. The van der Waals surface area contributed by atoms with Crippen LogP contribution in [0, 0.1) is 0 Å². The van der Waals surface area contributed by atoms with Gasteiger partial charge in [-0.25, -0.2) is 0 Å². The van der Waals surface area contributed by atoms with E-state index >= 15 is 0 Å². The second-order valence-corrected chi connectivity index (χ2v) is 6.29. The standard InChI is InChI=1S/C14H20BrNOS/c1-11(10-18-3)16(2)8-7-14(17)12-5-4-6-13(15)9-12/h4-6,9,11H,7-8,10H2,1-3H3. The minimum atomic E-state index is 0.208. The predicted octanol–water partition coefficient (Wildman–Crippen LogP) is 3.71. The molecule has 1 aromatic carbocycles. The number of Topliss-reactive ketones (excluding diaryl/α,β-unsaturated/α-hetero) is 1. The third-order valence-electron chi connectivity index (χ3n) is 3.00. The molecule has 0 amide bonds. The Kier molecular flexibility index (Phi) is 6.97. The molecule has 0 aliphatic heterocycles. The first kappa shape index (κ1) is 15.7. The Morgan fingerprint density at radius 3 is 2.83 bits per heavy atom. The lowest BCUT2D eigenvalue weighted by Gasteiger charge is -2.23. The predicted molar refractivity (Wildman–Crippen MR) is 83.6 cm³/mol. The summed E-state index contributed by atoms with van der Waals surface area (Å²) in [5, 5.41) is 0. The first-order valence-corrected chi connectivity index (χ1v) is 8.21. The van der Waals surface area contributed by atoms with Crippen LogP contribution in [0.5, 0.6) is 0 Å². The van der Waals surface area contributed by atoms with E-state index in [1.165, 1.54) is 0 Å². The van der Waals surface area contributed by atoms with Gasteiger partial charge in [-0.1, -0.05) is 28.1 Å². The Labute approximate surface area is 122 Å². The highest BCUT2D eigenvalue weighted by atomic mass is 79.9. The van der Waals surface area contributed by atoms with Gasteiger partial charge in [0.05, 0.1) is 0 Å². The van der Waals surface area contributed by atoms with Crippen LogP contribution in [0.1, 0.15) is 23.7 Å². The fourth-order valence-corrected chi connectivity index (χ4v) is 2.81. The summed E-state index contributed by atoms with van der Waals surface area (Å²) in [5.41, 5.74) is 0.787. The van der Waals surface area contributed by atoms with Gasteiger partial charge in [0.25, 0.3) is 0 Å². The molecule has 0 spiro atoms. The molecule has 0 saturated heterocycles. The molecule has 0 N–H and O–H groups in total. The zero-order valence-electron chi connectivity index (χ0n) is 11.1. The topological polar surface area (TPSA) is 20.3 Å². The molecule has 1 atom stereocenters. The molecular weight excluding hydrogens is 310 g/mol. The van der Waals surface area contributed by atoms with Crippen molar-refractivity contribution < 1.29 is 4.79 Å². The third kappa shape index (κ3) is 5.12. The van der Waals surface area contributed by atoms with E-state index in [4.69, 9.17) is 0 Å². The number of hydrogen-bond acceptors (Lipinski definition) is 3. The van der Waals surface area contributed by atoms with Crippen molar-refractivity contribution in [3.8, 4) is 0 Å². The third-order valence-corrected chi connectivity index (χ3v) is 4.31. The van der Waals surface area contributed by atoms with Gasteiger partial charge in [-0.3, -0.25) is 4.79 Å². The van der Waals surface area contributed by atoms with Crippen molar-refractivity contribution in [1.82, 2.24) is 4.90 Å². The average Bonchev–Trinajstić information content (AvgIpc) is 2.35. The van der Waals surface area contributed by atoms with Gasteiger partial charge in [-0.15, -0.1) is 0 Å². The fraction of sp³-hybridized carbons (Fsp3) is 0.500. The Hall–Kier alpha value is -0.320. The summed E-state index contributed by atoms with van der Waals surface area (Å²) < 4.78 is 0.956. The second-order valence-electron chi connectivity index (χ2n) is 4.47. The molecule has 2 nitrogen and oxygen atoms in total. The Bertz CT molecular complexity index is 397. The molecule has 1 unspecified atom stereocenters. The number of halogens is 1. The Balaban J connectivity index is 2.46. The summed E-state index contributed by atoms with van der Waals surface area (Å²) in [4.78, 5) is 14.3. The van der Waals surface area contributed by atoms with Crippen LogP contribution < -0.4 is 0 Å². The van der Waals surface area contributed by atoms with E-state index in [2.05, 4.69) is 41.1 Å². The van der Waals surface area contributed by atoms with Crippen LogP contribution >= 0.6 is 27.7 Å². The van der Waals surface area contributed by atoms with Gasteiger partial charge in [-0.05, 0) is 32.4 Å². The molecule has 0 radical (unpaired) electrons. The normalized spacial score (nSPS) is 12.7. The minimum Gasteiger partial charge on any atom is -0.302 e. The number of carbonyl (C=O) groups excluding carboxylic acids is 1. The summed E-state index contributed by atoms with van der Waals surface area (Å²) in [6.45, 7) is 3.01. The zero-order valence-corrected chi connectivity index (χ0v) is 13.6. The molecule has 1 aromatic rings. The fourth-order valence-electron chi connectivity index (χ4n) is 1.67. The van der Waals surface area contributed by atoms with Crippen molar-refractivity contribution in [3.63, 3.8) is 0 Å². The highest BCUT2D eigenvalue weighted by Gasteiger charge is 2.11. The Morgan fingerprint density at radius 2 is 2.22 bits per heavy atom. The highest BCUT2D eigenvalue weighted by Crippen LogP contribution is 2.13. The SMILES string of the molecule is CSCC(C)N(C)CCC(=O)c1cccc(Br)c1. The maximum Gasteiger partial charge on any atom is 0.164 e. The molecule has 4 heteroatoms. The first-order chi connectivity index (χ1) is 8.54. The lowest BCUT2D eigenvalue weighted by Crippen LogP contribution is -2.32. The molecule has 0 aromatic heterocycles. The second kappa shape index (κ2) is 7.97. The van der Waals surface area contributed by atoms with Crippen molar-refractivity contribution in [2.75, 3.05) is 25.6 Å². The smallest absolute Gasteiger partial charge is 0.164 e. The maximum atomic E-state index is 12.0. The quantitative estimate of drug-likeness (QED) is 0.711. The van der Waals surface area contributed by atoms with E-state index in [9.17, 15) is 4.79 Å². The molecule has 0 fully saturated rings. The van der Waals surface area contributed by atoms with E-state index in [1.54, 1.807) is 0 Å². The summed E-state index contributed by atoms with van der Waals surface area (Å²) in [6, 6.07) is 8.10. The summed E-state index contributed by atoms with van der Waals surface area (Å²) >= 11 is 5.23. The summed E-state index contributed by atoms with van der Waals surface area (Å²) in [6.07, 6.45) is 2.68. The van der Waals surface area contributed by atoms with E-state index in [1.807, 2.05) is 36.0 Å². The van der Waals surface area contributed by atoms with Crippen LogP contribution in [0.15, 0.2) is 28.7 Å². The lowest BCUT2D eigenvalue weighted by molar-refractivity contribution is 0.0964. The Morgan fingerprint density at radius 1 is 1.50 bits per heavy atom. The number of ketones is 1. The summed E-state index contributed by atoms with van der Waals surface area (Å²) in [5.74, 6) is 1.31. The lowest BCUT2D eigenvalue weighted by atomic mass is 10.1. The number of nitrogens with zero attached hydrogens (tertiary/aromatic N) is 1. The van der Waals surface area contributed by atoms with Crippen molar-refractivity contribution in [2.45, 2.75) is 19.4 Å². The highest BCUT2D eigenvalue weighted by molar-refractivity contribution is 9.10.